The number of carbonyl (C=O) groups is 17. The van der Waals surface area contributed by atoms with Crippen LogP contribution in [0, 0.1) is 17.8 Å². The van der Waals surface area contributed by atoms with Crippen LogP contribution >= 0.6 is 21.6 Å². The average molecular weight is 1750 g/mol. The van der Waals surface area contributed by atoms with E-state index >= 15 is 28.8 Å². The molecule has 4 aliphatic rings. The van der Waals surface area contributed by atoms with Crippen molar-refractivity contribution in [2.75, 3.05) is 37.7 Å². The Balaban J connectivity index is 1.15. The summed E-state index contributed by atoms with van der Waals surface area (Å²) < 4.78 is 0. The second kappa shape index (κ2) is 44.4. The van der Waals surface area contributed by atoms with E-state index in [1.165, 1.54) is 19.4 Å². The Bertz CT molecular complexity index is 4670. The highest BCUT2D eigenvalue weighted by atomic mass is 33.1. The summed E-state index contributed by atoms with van der Waals surface area (Å²) in [6.07, 6.45) is -0.209. The zero-order valence-electron chi connectivity index (χ0n) is 69.1. The van der Waals surface area contributed by atoms with Gasteiger partial charge in [0.1, 0.15) is 84.6 Å². The van der Waals surface area contributed by atoms with Gasteiger partial charge < -0.3 is 120 Å². The van der Waals surface area contributed by atoms with E-state index in [4.69, 9.17) is 5.73 Å². The first-order chi connectivity index (χ1) is 58.5. The first-order valence-electron chi connectivity index (χ1n) is 40.8. The molecule has 2 bridgehead atoms. The Kier molecular flexibility index (Phi) is 34.3. The number of aliphatic hydroxyl groups is 2. The average Bonchev–Trinajstić information content (AvgIpc) is 1.65. The van der Waals surface area contributed by atoms with Gasteiger partial charge in [0, 0.05) is 109 Å². The highest BCUT2D eigenvalue weighted by molar-refractivity contribution is 8.76. The van der Waals surface area contributed by atoms with E-state index in [-0.39, 0.29) is 82.0 Å². The number of aliphatic hydroxyl groups excluding tert-OH is 2. The number of benzene rings is 2. The Morgan fingerprint density at radius 3 is 1.51 bits per heavy atom. The number of hydrogen-bond donors (Lipinski definition) is 21. The van der Waals surface area contributed by atoms with Gasteiger partial charge in [-0.2, -0.15) is 0 Å². The lowest BCUT2D eigenvalue weighted by Crippen LogP contribution is -2.63. The van der Waals surface area contributed by atoms with Crippen molar-refractivity contribution in [3.8, 4) is 0 Å². The maximum Gasteiger partial charge on any atom is 0.305 e. The number of nitrogens with two attached hydrogens (primary N) is 1. The fourth-order valence-corrected chi connectivity index (χ4v) is 17.4. The summed E-state index contributed by atoms with van der Waals surface area (Å²) in [7, 11) is 1.49. The van der Waals surface area contributed by atoms with Crippen LogP contribution in [0.2, 0.25) is 0 Å². The summed E-state index contributed by atoms with van der Waals surface area (Å²) >= 11 is 0. The maximum absolute atomic E-state index is 15.5. The molecule has 2 aromatic carbocycles. The predicted molar refractivity (Wildman–Crippen MR) is 446 cm³/mol. The first-order valence-corrected chi connectivity index (χ1v) is 43.3. The van der Waals surface area contributed by atoms with E-state index in [1.807, 2.05) is 0 Å². The number of nitrogens with zero attached hydrogens (tertiary/aromatic N) is 3. The molecule has 22 N–H and O–H groups in total. The predicted octanol–water partition coefficient (Wildman–Crippen LogP) is -3.49. The lowest BCUT2D eigenvalue weighted by atomic mass is 9.98. The third kappa shape index (κ3) is 26.4. The Morgan fingerprint density at radius 2 is 0.984 bits per heavy atom. The zero-order valence-corrected chi connectivity index (χ0v) is 70.7. The van der Waals surface area contributed by atoms with E-state index in [2.05, 4.69) is 89.1 Å². The second-order valence-electron chi connectivity index (χ2n) is 32.3. The molecule has 3 aromatic heterocycles. The van der Waals surface area contributed by atoms with Crippen LogP contribution < -0.4 is 74.9 Å². The molecule has 4 fully saturated rings. The fourth-order valence-electron chi connectivity index (χ4n) is 15.0. The highest BCUT2D eigenvalue weighted by Crippen LogP contribution is 2.29. The summed E-state index contributed by atoms with van der Waals surface area (Å²) in [6, 6.07) is -10.6. The number of carboxylic acids is 2. The van der Waals surface area contributed by atoms with Crippen LogP contribution in [0.4, 0.5) is 0 Å². The fraction of sp³-hybridized carbons (Fsp3) is 0.550. The number of nitrogens with one attached hydrogen (secondary N) is 16. The topological polar surface area (TPSA) is 620 Å². The highest BCUT2D eigenvalue weighted by Gasteiger charge is 2.48. The molecule has 7 heterocycles. The molecule has 4 aliphatic heterocycles. The van der Waals surface area contributed by atoms with Crippen molar-refractivity contribution in [3.63, 3.8) is 0 Å². The first kappa shape index (κ1) is 95.1. The molecule has 668 valence electrons. The van der Waals surface area contributed by atoms with Crippen molar-refractivity contribution in [2.45, 2.75) is 222 Å². The number of fused-ring (bicyclic) bond motifs is 9. The quantitative estimate of drug-likeness (QED) is 0.0357. The Labute approximate surface area is 715 Å². The SMILES string of the molecule is CC(C)C[C@@H]1NC(=O)[C@H](Cc2cnc[nH]2)NC(=O)[C@H](Cc2c[nH]c3ccccc23)NC(=O)[C@H](CCO)NC(=O)[C@@H]2CSSC[C@H](NC(=O)[C@H](Cc3c[nH]c4ccccc34)NC(=O)[C@H](C(C)C)NC(=O)[C@H](CC(C)C)NC(=O)[C@H](CCC(=O)O)NC(=O)CNC1=O)C(=O)N[C@@H]([C@@H](C)O)C(=O)N1CCC[C@@H]1C(=O)N1C[C@@H](N)C[C@H]1C(=O)N[C@@H](CC(=O)O)C(=O)N2. The van der Waals surface area contributed by atoms with Gasteiger partial charge in [-0.25, -0.2) is 4.98 Å². The molecular formula is C80H110N20O21S2. The van der Waals surface area contributed by atoms with Crippen LogP contribution in [0.25, 0.3) is 21.8 Å². The number of hydrogen-bond acceptors (Lipinski definition) is 23. The van der Waals surface area contributed by atoms with Crippen LogP contribution in [0.15, 0.2) is 73.4 Å². The molecule has 43 heteroatoms. The van der Waals surface area contributed by atoms with Crippen LogP contribution in [-0.4, -0.2) is 285 Å². The Morgan fingerprint density at radius 1 is 0.504 bits per heavy atom. The minimum absolute atomic E-state index is 0.000355. The van der Waals surface area contributed by atoms with Crippen molar-refractivity contribution < 1.29 is 102 Å². The molecule has 0 aliphatic carbocycles. The van der Waals surface area contributed by atoms with Gasteiger partial charge in [0.2, 0.25) is 88.6 Å². The Hall–Kier alpha value is -11.7. The monoisotopic (exact) mass is 1750 g/mol. The number of H-pyrrole nitrogens is 3. The van der Waals surface area contributed by atoms with Crippen LogP contribution in [0.3, 0.4) is 0 Å². The molecule has 0 unspecified atom stereocenters. The largest absolute Gasteiger partial charge is 0.481 e. The van der Waals surface area contributed by atoms with Crippen LogP contribution in [0.5, 0.6) is 0 Å². The van der Waals surface area contributed by atoms with Gasteiger partial charge >= 0.3 is 11.9 Å². The minimum atomic E-state index is -2.03. The van der Waals surface area contributed by atoms with E-state index in [0.29, 0.717) is 32.9 Å². The number of aromatic amines is 3. The molecule has 0 radical (unpaired) electrons. The standard InChI is InChI=1S/C80H110N20O21S2/c1-38(2)23-52-67(108)85-33-62(103)87-50(18-19-63(104)105)68(109)90-53(24-39(3)4)74(115)97-65(40(5)6)78(119)94-55(26-43-31-84-49-16-11-9-14-47(43)49)71(112)96-59-36-123-122-35-58(95-73(114)57(29-64(106)107)93-77(118)61-27-44(81)34-100(61)79(120)60-17-12-21-99(60)80(121)66(41(7)102)98-76(59)117)75(116)88-51(20-22-101)69(110)91-54(25-42-30-83-48-15-10-8-13-46(42)48)70(111)92-56(72(113)89-52)28-45-32-82-37-86-45/h8-11,13-16,30-32,37-41,44,50-61,65-66,83-84,101-102H,12,17-29,33-36,81H2,1-7H3,(H,82,86)(H,85,108)(H,87,103)(H,88,116)(H,89,113)(H,90,109)(H,91,110)(H,92,111)(H,93,118)(H,94,119)(H,95,114)(H,96,112)(H,97,115)(H,98,117)(H,104,105)(H,106,107)/t41-,44+,50+,51+,52+,53+,54+,55+,56+,57+,58+,59+,60-,61+,65+,66+/m1/s1. The van der Waals surface area contributed by atoms with Gasteiger partial charge in [0.05, 0.1) is 25.4 Å². The third-order valence-corrected chi connectivity index (χ3v) is 23.8. The van der Waals surface area contributed by atoms with Gasteiger partial charge in [0.15, 0.2) is 0 Å². The van der Waals surface area contributed by atoms with E-state index in [0.717, 1.165) is 31.4 Å². The molecular weight excluding hydrogens is 1640 g/mol. The maximum atomic E-state index is 15.5. The number of aromatic nitrogens is 4. The summed E-state index contributed by atoms with van der Waals surface area (Å²) in [5.74, 6) is -21.4. The number of carboxylic acid groups (broad SMARTS) is 2. The van der Waals surface area contributed by atoms with Crippen LogP contribution in [0.1, 0.15) is 123 Å². The van der Waals surface area contributed by atoms with Gasteiger partial charge in [-0.1, -0.05) is 99.5 Å². The van der Waals surface area contributed by atoms with Gasteiger partial charge in [0.25, 0.3) is 0 Å². The number of rotatable bonds is 19. The number of aliphatic carboxylic acids is 2. The normalized spacial score (nSPS) is 26.8. The molecule has 0 spiro atoms. The van der Waals surface area contributed by atoms with Crippen LogP contribution in [-0.2, 0) is 101 Å². The third-order valence-electron chi connectivity index (χ3n) is 21.4. The smallest absolute Gasteiger partial charge is 0.305 e. The van der Waals surface area contributed by atoms with Gasteiger partial charge in [-0.3, -0.25) is 81.5 Å². The zero-order chi connectivity index (χ0) is 89.6. The number of para-hydroxylation sites is 2. The van der Waals surface area contributed by atoms with E-state index in [9.17, 15) is 73.2 Å². The lowest BCUT2D eigenvalue weighted by molar-refractivity contribution is -0.149. The molecule has 5 aromatic rings. The summed E-state index contributed by atoms with van der Waals surface area (Å²) in [5.41, 5.74) is 8.78. The van der Waals surface area contributed by atoms with E-state index in [1.54, 1.807) is 102 Å². The van der Waals surface area contributed by atoms with Crippen molar-refractivity contribution in [2.24, 2.45) is 23.5 Å². The van der Waals surface area contributed by atoms with Gasteiger partial charge in [-0.05, 0) is 92.9 Å². The molecule has 16 atom stereocenters. The summed E-state index contributed by atoms with van der Waals surface area (Å²) in [4.78, 5) is 264. The number of amides is 15. The summed E-state index contributed by atoms with van der Waals surface area (Å²) in [6.45, 7) is 9.07. The lowest BCUT2D eigenvalue weighted by Gasteiger charge is -2.34. The molecule has 123 heavy (non-hydrogen) atoms. The van der Waals surface area contributed by atoms with Crippen molar-refractivity contribution in [1.29, 1.82) is 0 Å². The van der Waals surface area contributed by atoms with E-state index < -0.39 is 254 Å². The van der Waals surface area contributed by atoms with Crippen molar-refractivity contribution in [3.05, 3.63) is 90.3 Å². The van der Waals surface area contributed by atoms with Gasteiger partial charge in [-0.15, -0.1) is 0 Å². The molecule has 9 rings (SSSR count). The van der Waals surface area contributed by atoms with Crippen molar-refractivity contribution >= 4 is 144 Å². The minimum Gasteiger partial charge on any atom is -0.481 e. The molecule has 15 amide bonds. The second-order valence-corrected chi connectivity index (χ2v) is 34.9. The number of imidazole rings is 1. The summed E-state index contributed by atoms with van der Waals surface area (Å²) in [5, 5.41) is 77.0. The molecule has 0 saturated carbocycles. The molecule has 4 saturated heterocycles. The number of carbonyl (C=O) groups excluding carboxylic acids is 15. The van der Waals surface area contributed by atoms with Crippen molar-refractivity contribution in [1.82, 2.24) is 98.9 Å². The molecule has 41 nitrogen and oxygen atoms in total.